The summed E-state index contributed by atoms with van der Waals surface area (Å²) >= 11 is 0. The van der Waals surface area contributed by atoms with Gasteiger partial charge < -0.3 is 9.47 Å². The summed E-state index contributed by atoms with van der Waals surface area (Å²) in [5, 5.41) is 0. The minimum Gasteiger partial charge on any atom is -0.493 e. The van der Waals surface area contributed by atoms with Gasteiger partial charge in [0.05, 0.1) is 13.2 Å². The van der Waals surface area contributed by atoms with Gasteiger partial charge in [-0.25, -0.2) is 4.79 Å². The third-order valence-corrected chi connectivity index (χ3v) is 2.12. The van der Waals surface area contributed by atoms with E-state index in [1.165, 1.54) is 13.0 Å². The van der Waals surface area contributed by atoms with E-state index in [9.17, 15) is 18.0 Å². The first-order valence-corrected chi connectivity index (χ1v) is 5.77. The second-order valence-electron chi connectivity index (χ2n) is 3.60. The number of ether oxygens (including phenoxy) is 2. The van der Waals surface area contributed by atoms with Crippen molar-refractivity contribution in [2.24, 2.45) is 0 Å². The van der Waals surface area contributed by atoms with Crippen molar-refractivity contribution < 1.29 is 27.4 Å². The summed E-state index contributed by atoms with van der Waals surface area (Å²) in [5.74, 6) is -1.25. The van der Waals surface area contributed by atoms with E-state index >= 15 is 0 Å². The van der Waals surface area contributed by atoms with Crippen LogP contribution in [0.5, 0.6) is 5.75 Å². The molecule has 1 rings (SSSR count). The van der Waals surface area contributed by atoms with Gasteiger partial charge in [0.25, 0.3) is 0 Å². The molecule has 0 atom stereocenters. The first-order valence-electron chi connectivity index (χ1n) is 5.77. The molecular weight excluding hydrogens is 263 g/mol. The Balaban J connectivity index is 3.28. The predicted molar refractivity (Wildman–Crippen MR) is 61.0 cm³/mol. The molecule has 7 heteroatoms. The van der Waals surface area contributed by atoms with Crippen LogP contribution in [0.1, 0.15) is 36.3 Å². The molecule has 0 aliphatic carbocycles. The number of hydrogen-bond acceptors (Lipinski definition) is 4. The minimum atomic E-state index is -4.74. The summed E-state index contributed by atoms with van der Waals surface area (Å²) in [6.45, 7) is 3.48. The maximum atomic E-state index is 12.8. The Kier molecular flexibility index (Phi) is 5.14. The van der Waals surface area contributed by atoms with Gasteiger partial charge in [-0.2, -0.15) is 13.2 Å². The molecule has 1 aromatic rings. The zero-order valence-corrected chi connectivity index (χ0v) is 10.6. The highest BCUT2D eigenvalue weighted by Gasteiger charge is 2.39. The quantitative estimate of drug-likeness (QED) is 0.776. The third kappa shape index (κ3) is 3.84. The Morgan fingerprint density at radius 2 is 2.05 bits per heavy atom. The number of esters is 1. The molecule has 1 aromatic heterocycles. The van der Waals surface area contributed by atoms with Gasteiger partial charge in [-0.05, 0) is 19.4 Å². The summed E-state index contributed by atoms with van der Waals surface area (Å²) in [7, 11) is 0. The Morgan fingerprint density at radius 3 is 2.58 bits per heavy atom. The van der Waals surface area contributed by atoms with Crippen LogP contribution < -0.4 is 4.74 Å². The number of carbonyl (C=O) groups excluding carboxylic acids is 1. The smallest absolute Gasteiger partial charge is 0.434 e. The van der Waals surface area contributed by atoms with Crippen LogP contribution in [0.25, 0.3) is 0 Å². The molecule has 0 saturated carbocycles. The fraction of sp³-hybridized carbons (Fsp3) is 0.500. The number of hydrogen-bond donors (Lipinski definition) is 0. The Labute approximate surface area is 108 Å². The second-order valence-corrected chi connectivity index (χ2v) is 3.60. The summed E-state index contributed by atoms with van der Waals surface area (Å²) in [5.41, 5.74) is -1.97. The number of pyridine rings is 1. The van der Waals surface area contributed by atoms with Crippen molar-refractivity contribution in [3.8, 4) is 5.75 Å². The summed E-state index contributed by atoms with van der Waals surface area (Å²) in [6.07, 6.45) is -3.18. The average molecular weight is 277 g/mol. The van der Waals surface area contributed by atoms with Gasteiger partial charge in [-0.1, -0.05) is 6.92 Å². The molecule has 0 N–H and O–H groups in total. The van der Waals surface area contributed by atoms with E-state index in [1.54, 1.807) is 6.92 Å². The normalized spacial score (nSPS) is 11.2. The molecule has 1 heterocycles. The van der Waals surface area contributed by atoms with Crippen molar-refractivity contribution in [3.63, 3.8) is 0 Å². The van der Waals surface area contributed by atoms with Crippen LogP contribution >= 0.6 is 0 Å². The molecule has 4 nitrogen and oxygen atoms in total. The van der Waals surface area contributed by atoms with Gasteiger partial charge in [0.2, 0.25) is 0 Å². The number of aromatic nitrogens is 1. The van der Waals surface area contributed by atoms with Gasteiger partial charge in [0.15, 0.2) is 5.69 Å². The van der Waals surface area contributed by atoms with Crippen LogP contribution in [0.2, 0.25) is 0 Å². The summed E-state index contributed by atoms with van der Waals surface area (Å²) < 4.78 is 48.3. The molecule has 0 fully saturated rings. The van der Waals surface area contributed by atoms with E-state index < -0.39 is 23.4 Å². The van der Waals surface area contributed by atoms with Crippen molar-refractivity contribution in [3.05, 3.63) is 23.5 Å². The maximum absolute atomic E-state index is 12.8. The monoisotopic (exact) mass is 277 g/mol. The topological polar surface area (TPSA) is 48.4 Å². The van der Waals surface area contributed by atoms with Gasteiger partial charge in [-0.3, -0.25) is 4.98 Å². The molecule has 0 radical (unpaired) electrons. The van der Waals surface area contributed by atoms with E-state index in [2.05, 4.69) is 9.72 Å². The highest BCUT2D eigenvalue weighted by Crippen LogP contribution is 2.34. The van der Waals surface area contributed by atoms with Crippen LogP contribution in [0, 0.1) is 0 Å². The summed E-state index contributed by atoms with van der Waals surface area (Å²) in [6, 6.07) is 1.22. The Hall–Kier alpha value is -1.79. The van der Waals surface area contributed by atoms with Crippen LogP contribution in [0.4, 0.5) is 13.2 Å². The van der Waals surface area contributed by atoms with Crippen LogP contribution in [0.3, 0.4) is 0 Å². The summed E-state index contributed by atoms with van der Waals surface area (Å²) in [4.78, 5) is 14.9. The van der Waals surface area contributed by atoms with E-state index in [1.807, 2.05) is 0 Å². The number of alkyl halides is 3. The zero-order chi connectivity index (χ0) is 14.5. The number of carbonyl (C=O) groups is 1. The van der Waals surface area contributed by atoms with Crippen LogP contribution in [-0.2, 0) is 10.9 Å². The van der Waals surface area contributed by atoms with Crippen molar-refractivity contribution in [1.29, 1.82) is 0 Å². The van der Waals surface area contributed by atoms with E-state index in [4.69, 9.17) is 4.74 Å². The van der Waals surface area contributed by atoms with Crippen LogP contribution in [0.15, 0.2) is 12.3 Å². The lowest BCUT2D eigenvalue weighted by Gasteiger charge is -2.15. The number of rotatable bonds is 5. The first-order chi connectivity index (χ1) is 8.91. The van der Waals surface area contributed by atoms with Gasteiger partial charge in [0.1, 0.15) is 11.3 Å². The molecule has 0 aromatic carbocycles. The molecule has 0 unspecified atom stereocenters. The first kappa shape index (κ1) is 15.3. The minimum absolute atomic E-state index is 0.0295. The van der Waals surface area contributed by atoms with E-state index in [0.29, 0.717) is 6.42 Å². The lowest BCUT2D eigenvalue weighted by atomic mass is 10.1. The molecule has 106 valence electrons. The molecule has 0 aliphatic heterocycles. The number of halogens is 3. The second kappa shape index (κ2) is 6.40. The van der Waals surface area contributed by atoms with Crippen molar-refractivity contribution >= 4 is 5.97 Å². The fourth-order valence-corrected chi connectivity index (χ4v) is 1.39. The maximum Gasteiger partial charge on any atom is 0.434 e. The predicted octanol–water partition coefficient (Wildman–Crippen LogP) is 3.07. The van der Waals surface area contributed by atoms with Crippen LogP contribution in [-0.4, -0.2) is 24.2 Å². The van der Waals surface area contributed by atoms with Gasteiger partial charge >= 0.3 is 12.1 Å². The fourth-order valence-electron chi connectivity index (χ4n) is 1.39. The molecule has 0 spiro atoms. The highest BCUT2D eigenvalue weighted by molar-refractivity contribution is 5.93. The third-order valence-electron chi connectivity index (χ3n) is 2.12. The van der Waals surface area contributed by atoms with Crippen molar-refractivity contribution in [2.75, 3.05) is 13.2 Å². The Morgan fingerprint density at radius 1 is 1.37 bits per heavy atom. The van der Waals surface area contributed by atoms with Gasteiger partial charge in [0, 0.05) is 6.20 Å². The largest absolute Gasteiger partial charge is 0.493 e. The molecule has 0 amide bonds. The molecular formula is C12H14F3NO3. The van der Waals surface area contributed by atoms with E-state index in [0.717, 1.165) is 6.20 Å². The van der Waals surface area contributed by atoms with E-state index in [-0.39, 0.29) is 19.0 Å². The molecule has 0 aliphatic rings. The highest BCUT2D eigenvalue weighted by atomic mass is 19.4. The molecule has 0 bridgehead atoms. The lowest BCUT2D eigenvalue weighted by Crippen LogP contribution is -2.18. The Bertz CT molecular complexity index is 446. The SMILES string of the molecule is CCCOc1ccnc(C(F)(F)F)c1C(=O)OCC. The van der Waals surface area contributed by atoms with Crippen molar-refractivity contribution in [2.45, 2.75) is 26.4 Å². The van der Waals surface area contributed by atoms with Gasteiger partial charge in [-0.15, -0.1) is 0 Å². The molecule has 0 saturated heterocycles. The number of nitrogens with zero attached hydrogens (tertiary/aromatic N) is 1. The lowest BCUT2D eigenvalue weighted by molar-refractivity contribution is -0.141. The standard InChI is InChI=1S/C12H14F3NO3/c1-3-7-19-8-5-6-16-10(12(13,14)15)9(8)11(17)18-4-2/h5-6H,3-4,7H2,1-2H3. The molecule has 19 heavy (non-hydrogen) atoms. The average Bonchev–Trinajstić information content (AvgIpc) is 2.35. The zero-order valence-electron chi connectivity index (χ0n) is 10.6. The van der Waals surface area contributed by atoms with Crippen molar-refractivity contribution in [1.82, 2.24) is 4.98 Å².